The van der Waals surface area contributed by atoms with Gasteiger partial charge in [0.1, 0.15) is 40.4 Å². The van der Waals surface area contributed by atoms with Crippen molar-refractivity contribution >= 4 is 41.0 Å². The minimum atomic E-state index is -0.638. The number of para-hydroxylation sites is 1. The Hall–Kier alpha value is -6.33. The lowest BCUT2D eigenvalue weighted by atomic mass is 9.86. The molecule has 0 bridgehead atoms. The third-order valence-electron chi connectivity index (χ3n) is 12.7. The van der Waals surface area contributed by atoms with Gasteiger partial charge in [-0.1, -0.05) is 18.2 Å². The number of primary amides is 1. The Bertz CT molecular complexity index is 2310. The molecule has 0 saturated carbocycles. The van der Waals surface area contributed by atoms with E-state index < -0.39 is 29.6 Å². The third-order valence-corrected chi connectivity index (χ3v) is 12.7. The highest BCUT2D eigenvalue weighted by Gasteiger charge is 2.36. The summed E-state index contributed by atoms with van der Waals surface area (Å²) in [5.41, 5.74) is 8.02. The molecule has 63 heavy (non-hydrogen) atoms. The predicted octanol–water partition coefficient (Wildman–Crippen LogP) is 4.17. The number of rotatable bonds is 14. The van der Waals surface area contributed by atoms with E-state index in [1.807, 2.05) is 71.2 Å². The number of likely N-dealkylation sites (tertiary alicyclic amines) is 1. The van der Waals surface area contributed by atoms with E-state index in [0.29, 0.717) is 93.7 Å². The second-order valence-corrected chi connectivity index (χ2v) is 16.9. The monoisotopic (exact) mass is 862 g/mol. The Labute approximate surface area is 365 Å². The number of aromatic nitrogens is 2. The molecular formula is C46H55FN10O6. The lowest BCUT2D eigenvalue weighted by Crippen LogP contribution is -2.50. The Morgan fingerprint density at radius 3 is 2.33 bits per heavy atom. The molecule has 16 nitrogen and oxygen atoms in total. The number of halogens is 1. The van der Waals surface area contributed by atoms with Gasteiger partial charge in [0, 0.05) is 89.5 Å². The quantitative estimate of drug-likeness (QED) is 0.133. The van der Waals surface area contributed by atoms with E-state index in [2.05, 4.69) is 25.8 Å². The van der Waals surface area contributed by atoms with Crippen LogP contribution in [0.15, 0.2) is 72.8 Å². The van der Waals surface area contributed by atoms with Gasteiger partial charge in [-0.05, 0) is 93.2 Å². The van der Waals surface area contributed by atoms with Crippen LogP contribution in [-0.4, -0.2) is 137 Å². The Morgan fingerprint density at radius 2 is 1.62 bits per heavy atom. The van der Waals surface area contributed by atoms with E-state index in [-0.39, 0.29) is 35.8 Å². The summed E-state index contributed by atoms with van der Waals surface area (Å²) in [4.78, 5) is 71.3. The van der Waals surface area contributed by atoms with Gasteiger partial charge in [0.25, 0.3) is 11.8 Å². The van der Waals surface area contributed by atoms with E-state index in [0.717, 1.165) is 43.7 Å². The number of carbonyl (C=O) groups is 5. The molecule has 0 radical (unpaired) electrons. The molecule has 8 rings (SSSR count). The molecule has 0 aliphatic carbocycles. The number of hydrogen-bond donors (Lipinski definition) is 4. The van der Waals surface area contributed by atoms with E-state index in [4.69, 9.17) is 15.6 Å². The molecule has 3 fully saturated rings. The molecule has 332 valence electrons. The summed E-state index contributed by atoms with van der Waals surface area (Å²) >= 11 is 0. The largest absolute Gasteiger partial charge is 0.457 e. The van der Waals surface area contributed by atoms with Crippen molar-refractivity contribution in [3.05, 3.63) is 89.7 Å². The second kappa shape index (κ2) is 19.4. The van der Waals surface area contributed by atoms with Crippen molar-refractivity contribution in [3.8, 4) is 22.8 Å². The summed E-state index contributed by atoms with van der Waals surface area (Å²) in [6.45, 7) is 6.38. The van der Waals surface area contributed by atoms with E-state index in [1.165, 1.54) is 18.2 Å². The third kappa shape index (κ3) is 10.2. The van der Waals surface area contributed by atoms with Gasteiger partial charge in [-0.3, -0.25) is 34.2 Å². The zero-order valence-corrected chi connectivity index (χ0v) is 35.6. The molecule has 1 aromatic heterocycles. The predicted molar refractivity (Wildman–Crippen MR) is 235 cm³/mol. The summed E-state index contributed by atoms with van der Waals surface area (Å²) in [5.74, 6) is 0.139. The van der Waals surface area contributed by atoms with Crippen molar-refractivity contribution in [1.29, 1.82) is 0 Å². The molecule has 4 aromatic rings. The highest BCUT2D eigenvalue weighted by atomic mass is 19.1. The van der Waals surface area contributed by atoms with Gasteiger partial charge in [0.05, 0.1) is 11.6 Å². The maximum atomic E-state index is 14.8. The number of anilines is 2. The molecule has 4 aliphatic rings. The topological polar surface area (TPSA) is 187 Å². The minimum absolute atomic E-state index is 0.0611. The van der Waals surface area contributed by atoms with Crippen LogP contribution in [0.1, 0.15) is 65.3 Å². The lowest BCUT2D eigenvalue weighted by Gasteiger charge is -2.38. The Morgan fingerprint density at radius 1 is 0.889 bits per heavy atom. The number of nitrogens with zero attached hydrogens (tertiary/aromatic N) is 6. The molecule has 2 atom stereocenters. The van der Waals surface area contributed by atoms with Gasteiger partial charge in [-0.25, -0.2) is 9.07 Å². The number of hydrogen-bond acceptors (Lipinski definition) is 11. The number of likely N-dealkylation sites (N-methyl/N-ethyl adjacent to an activating group) is 1. The zero-order valence-electron chi connectivity index (χ0n) is 35.6. The van der Waals surface area contributed by atoms with Crippen LogP contribution in [0, 0.1) is 11.7 Å². The van der Waals surface area contributed by atoms with Crippen LogP contribution in [0.5, 0.6) is 11.5 Å². The maximum Gasteiger partial charge on any atom is 0.256 e. The summed E-state index contributed by atoms with van der Waals surface area (Å²) in [6, 6.07) is 20.6. The molecular weight excluding hydrogens is 808 g/mol. The number of imide groups is 1. The van der Waals surface area contributed by atoms with Crippen LogP contribution in [-0.2, 0) is 14.4 Å². The number of carbonyl (C=O) groups excluding carboxylic acids is 5. The van der Waals surface area contributed by atoms with Crippen molar-refractivity contribution < 1.29 is 33.1 Å². The molecule has 5 N–H and O–H groups in total. The first kappa shape index (κ1) is 43.3. The normalized spacial score (nSPS) is 19.6. The number of ether oxygens (including phenoxy) is 1. The molecule has 3 saturated heterocycles. The molecule has 1 unspecified atom stereocenters. The van der Waals surface area contributed by atoms with Gasteiger partial charge in [0.2, 0.25) is 17.7 Å². The van der Waals surface area contributed by atoms with Crippen LogP contribution < -0.4 is 26.4 Å². The molecule has 5 heterocycles. The van der Waals surface area contributed by atoms with Crippen molar-refractivity contribution in [3.63, 3.8) is 0 Å². The maximum absolute atomic E-state index is 14.8. The van der Waals surface area contributed by atoms with E-state index in [1.54, 1.807) is 4.90 Å². The van der Waals surface area contributed by atoms with Crippen LogP contribution in [0.25, 0.3) is 11.3 Å². The van der Waals surface area contributed by atoms with Gasteiger partial charge in [0.15, 0.2) is 0 Å². The number of piperidine rings is 2. The highest BCUT2D eigenvalue weighted by Crippen LogP contribution is 2.40. The fourth-order valence-electron chi connectivity index (χ4n) is 9.04. The fourth-order valence-corrected chi connectivity index (χ4v) is 9.04. The number of nitrogens with two attached hydrogens (primary N) is 1. The summed E-state index contributed by atoms with van der Waals surface area (Å²) in [6.07, 6.45) is 3.47. The van der Waals surface area contributed by atoms with Crippen LogP contribution in [0.3, 0.4) is 0 Å². The van der Waals surface area contributed by atoms with Gasteiger partial charge < -0.3 is 35.8 Å². The number of piperazine rings is 1. The first-order chi connectivity index (χ1) is 30.5. The SMILES string of the molecule is CN(CCC(=O)N1CCC([C@@H]2CCNc3c(C(N)=O)c(-c4ccc(Oc5ccccc5)cc4)nn32)CC1)CCN1CCN(C(=O)c2cc(NC3CCC(=O)NC3=O)ccc2F)CC1. The van der Waals surface area contributed by atoms with Crippen LogP contribution in [0.2, 0.25) is 0 Å². The van der Waals surface area contributed by atoms with Crippen molar-refractivity contribution in [2.24, 2.45) is 11.7 Å². The smallest absolute Gasteiger partial charge is 0.256 e. The average molecular weight is 863 g/mol. The number of benzene rings is 3. The van der Waals surface area contributed by atoms with Gasteiger partial charge >= 0.3 is 0 Å². The van der Waals surface area contributed by atoms with Gasteiger partial charge in [-0.2, -0.15) is 5.10 Å². The summed E-state index contributed by atoms with van der Waals surface area (Å²) < 4.78 is 22.7. The number of amides is 5. The Balaban J connectivity index is 0.772. The standard InChI is InChI=1S/C46H55FN10O6/c1-53(23-24-54-25-27-56(28-26-54)46(62)35-29-32(9-12-36(35)47)50-37-13-14-39(58)51-45(37)61)20-18-40(59)55-21-16-30(17-22-55)38-15-19-49-44-41(43(48)60)42(52-57(38)44)31-7-10-34(11-8-31)63-33-5-3-2-4-6-33/h2-12,29-30,37-38,49-50H,13-28H2,1H3,(H2,48,60)(H,51,58,61)/t37?,38-/m0/s1. The minimum Gasteiger partial charge on any atom is -0.457 e. The highest BCUT2D eigenvalue weighted by molar-refractivity contribution is 6.04. The first-order valence-corrected chi connectivity index (χ1v) is 21.9. The van der Waals surface area contributed by atoms with Crippen LogP contribution >= 0.6 is 0 Å². The average Bonchev–Trinajstić information content (AvgIpc) is 3.70. The van der Waals surface area contributed by atoms with Crippen molar-refractivity contribution in [2.45, 2.75) is 50.6 Å². The zero-order chi connectivity index (χ0) is 44.0. The molecule has 4 aliphatic heterocycles. The van der Waals surface area contributed by atoms with E-state index in [9.17, 15) is 28.4 Å². The van der Waals surface area contributed by atoms with Gasteiger partial charge in [-0.15, -0.1) is 0 Å². The molecule has 17 heteroatoms. The number of fused-ring (bicyclic) bond motifs is 1. The Kier molecular flexibility index (Phi) is 13.3. The number of nitrogens with one attached hydrogen (secondary N) is 3. The first-order valence-electron chi connectivity index (χ1n) is 21.9. The molecule has 3 aromatic carbocycles. The second-order valence-electron chi connectivity index (χ2n) is 16.9. The van der Waals surface area contributed by atoms with Crippen molar-refractivity contribution in [2.75, 3.05) is 83.1 Å². The summed E-state index contributed by atoms with van der Waals surface area (Å²) in [5, 5.41) is 13.7. The van der Waals surface area contributed by atoms with E-state index >= 15 is 0 Å². The summed E-state index contributed by atoms with van der Waals surface area (Å²) in [7, 11) is 2.01. The lowest BCUT2D eigenvalue weighted by molar-refractivity contribution is -0.134. The molecule has 0 spiro atoms. The van der Waals surface area contributed by atoms with Crippen LogP contribution in [0.4, 0.5) is 15.9 Å². The van der Waals surface area contributed by atoms with Crippen molar-refractivity contribution in [1.82, 2.24) is 34.7 Å². The fraction of sp³-hybridized carbons (Fsp3) is 0.435. The molecule has 5 amide bonds.